The van der Waals surface area contributed by atoms with Gasteiger partial charge in [-0.05, 0) is 12.5 Å². The number of pyridine rings is 1. The normalized spacial score (nSPS) is 25.2. The maximum atomic E-state index is 12.4. The van der Waals surface area contributed by atoms with E-state index in [1.807, 2.05) is 53.4 Å². The van der Waals surface area contributed by atoms with Crippen molar-refractivity contribution in [2.45, 2.75) is 41.1 Å². The lowest BCUT2D eigenvalue weighted by atomic mass is 9.89. The predicted molar refractivity (Wildman–Crippen MR) is 118 cm³/mol. The second-order valence-corrected chi connectivity index (χ2v) is 10.2. The van der Waals surface area contributed by atoms with Crippen LogP contribution in [0.25, 0.3) is 0 Å². The van der Waals surface area contributed by atoms with Crippen LogP contribution in [0.2, 0.25) is 0 Å². The molecule has 8 nitrogen and oxygen atoms in total. The van der Waals surface area contributed by atoms with Crippen LogP contribution in [0.15, 0.2) is 53.7 Å². The van der Waals surface area contributed by atoms with Gasteiger partial charge < -0.3 is 20.2 Å². The highest BCUT2D eigenvalue weighted by molar-refractivity contribution is 8.00. The number of thioether (sulfide) groups is 2. The van der Waals surface area contributed by atoms with Crippen molar-refractivity contribution >= 4 is 41.4 Å². The molecule has 10 heteroatoms. The first kappa shape index (κ1) is 22.6. The van der Waals surface area contributed by atoms with Crippen LogP contribution in [0.1, 0.15) is 23.3 Å². The van der Waals surface area contributed by atoms with E-state index < -0.39 is 35.3 Å². The van der Waals surface area contributed by atoms with Gasteiger partial charge in [0.2, 0.25) is 5.91 Å². The number of hydrogen-bond acceptors (Lipinski definition) is 6. The summed E-state index contributed by atoms with van der Waals surface area (Å²) < 4.78 is 1.97. The van der Waals surface area contributed by atoms with Gasteiger partial charge in [-0.3, -0.25) is 9.59 Å². The van der Waals surface area contributed by atoms with Crippen LogP contribution in [0.3, 0.4) is 0 Å². The third-order valence-electron chi connectivity index (χ3n) is 5.66. The van der Waals surface area contributed by atoms with Gasteiger partial charge in [0, 0.05) is 22.6 Å². The Bertz CT molecular complexity index is 1030. The van der Waals surface area contributed by atoms with E-state index in [2.05, 4.69) is 0 Å². The van der Waals surface area contributed by atoms with Crippen LogP contribution in [0.4, 0.5) is 0 Å². The summed E-state index contributed by atoms with van der Waals surface area (Å²) in [5.74, 6) is -2.73. The van der Waals surface area contributed by atoms with Crippen LogP contribution < -0.4 is 4.57 Å². The molecule has 2 aromatic rings. The van der Waals surface area contributed by atoms with Crippen LogP contribution in [-0.4, -0.2) is 61.3 Å². The summed E-state index contributed by atoms with van der Waals surface area (Å²) >= 11 is 2.69. The van der Waals surface area contributed by atoms with Gasteiger partial charge in [-0.15, -0.1) is 23.5 Å². The van der Waals surface area contributed by atoms with Gasteiger partial charge in [-0.1, -0.05) is 24.3 Å². The second-order valence-electron chi connectivity index (χ2n) is 7.87. The molecule has 1 amide bonds. The van der Waals surface area contributed by atoms with Gasteiger partial charge in [0.15, 0.2) is 18.9 Å². The molecule has 32 heavy (non-hydrogen) atoms. The van der Waals surface area contributed by atoms with Crippen LogP contribution in [-0.2, 0) is 20.9 Å². The van der Waals surface area contributed by atoms with Crippen molar-refractivity contribution < 1.29 is 34.3 Å². The summed E-state index contributed by atoms with van der Waals surface area (Å²) in [6.07, 6.45) is 2.97. The van der Waals surface area contributed by atoms with Crippen LogP contribution >= 0.6 is 23.5 Å². The summed E-state index contributed by atoms with van der Waals surface area (Å²) in [7, 11) is 0. The zero-order valence-electron chi connectivity index (χ0n) is 17.2. The standard InChI is InChI=1S/C22H22N2O6S2/c1-12(25)17-20(28)24-18(22(29)30)19(32-21(17)24)14-4-2-13(3-5-14)10-23-8-6-15(7-9-23)31-11-16(26)27/h2-9,12,17-19,21,25H,10-11H2,1H3,(H-,26,27,29,30)/p+1/t12-,17+,18?,19?,21-/m1/s1. The van der Waals surface area contributed by atoms with E-state index in [-0.39, 0.29) is 17.0 Å². The minimum absolute atomic E-state index is 0.0177. The number of carbonyl (C=O) groups is 3. The molecule has 3 N–H and O–H groups in total. The topological polar surface area (TPSA) is 119 Å². The Morgan fingerprint density at radius 2 is 1.81 bits per heavy atom. The van der Waals surface area contributed by atoms with Gasteiger partial charge in [0.05, 0.1) is 28.4 Å². The van der Waals surface area contributed by atoms with E-state index in [0.29, 0.717) is 6.54 Å². The fraction of sp³-hybridized carbons (Fsp3) is 0.364. The molecule has 1 aromatic carbocycles. The first-order valence-corrected chi connectivity index (χ1v) is 12.0. The number of β-lactam (4-membered cyclic amide) rings is 1. The number of aromatic nitrogens is 1. The molecule has 4 rings (SSSR count). The van der Waals surface area contributed by atoms with Crippen LogP contribution in [0.5, 0.6) is 0 Å². The first-order valence-electron chi connectivity index (χ1n) is 10.1. The van der Waals surface area contributed by atoms with E-state index >= 15 is 0 Å². The second kappa shape index (κ2) is 9.13. The molecule has 2 unspecified atom stereocenters. The number of carboxylic acid groups (broad SMARTS) is 2. The summed E-state index contributed by atoms with van der Waals surface area (Å²) in [5.41, 5.74) is 1.86. The third-order valence-corrected chi connectivity index (χ3v) is 8.28. The zero-order valence-corrected chi connectivity index (χ0v) is 18.8. The zero-order chi connectivity index (χ0) is 23.0. The number of aliphatic carboxylic acids is 2. The van der Waals surface area contributed by atoms with Gasteiger partial charge in [-0.2, -0.15) is 0 Å². The Hall–Kier alpha value is -2.56. The number of nitrogens with zero attached hydrogens (tertiary/aromatic N) is 2. The highest BCUT2D eigenvalue weighted by Crippen LogP contribution is 2.55. The molecular weight excluding hydrogens is 452 g/mol. The van der Waals surface area contributed by atoms with E-state index in [9.17, 15) is 24.6 Å². The highest BCUT2D eigenvalue weighted by atomic mass is 32.2. The molecule has 0 spiro atoms. The molecule has 2 aliphatic heterocycles. The van der Waals surface area contributed by atoms with E-state index in [4.69, 9.17) is 5.11 Å². The minimum Gasteiger partial charge on any atom is -0.481 e. The number of rotatable bonds is 8. The molecule has 0 bridgehead atoms. The van der Waals surface area contributed by atoms with Gasteiger partial charge in [0.25, 0.3) is 0 Å². The van der Waals surface area contributed by atoms with Crippen molar-refractivity contribution in [2.75, 3.05) is 5.75 Å². The molecule has 0 aliphatic carbocycles. The SMILES string of the molecule is C[C@@H](O)[C@H]1C(=O)N2C(C(=O)O)C(c3ccc(C[n+]4ccc(SCC(=O)O)cc4)cc3)S[C@H]12. The molecule has 5 atom stereocenters. The van der Waals surface area contributed by atoms with E-state index in [1.54, 1.807) is 6.92 Å². The maximum absolute atomic E-state index is 12.4. The van der Waals surface area contributed by atoms with Crippen molar-refractivity contribution in [2.24, 2.45) is 5.92 Å². The predicted octanol–water partition coefficient (Wildman–Crippen LogP) is 1.61. The third kappa shape index (κ3) is 4.35. The number of aliphatic hydroxyl groups is 1. The van der Waals surface area contributed by atoms with Crippen molar-refractivity contribution in [3.8, 4) is 0 Å². The average molecular weight is 476 g/mol. The Balaban J connectivity index is 1.45. The fourth-order valence-electron chi connectivity index (χ4n) is 4.09. The van der Waals surface area contributed by atoms with Crippen molar-refractivity contribution in [3.05, 3.63) is 59.9 Å². The fourth-order valence-corrected chi connectivity index (χ4v) is 6.59. The van der Waals surface area contributed by atoms with Crippen molar-refractivity contribution in [1.82, 2.24) is 4.90 Å². The van der Waals surface area contributed by atoms with Gasteiger partial charge in [-0.25, -0.2) is 9.36 Å². The molecule has 0 radical (unpaired) electrons. The van der Waals surface area contributed by atoms with Crippen molar-refractivity contribution in [3.63, 3.8) is 0 Å². The van der Waals surface area contributed by atoms with E-state index in [1.165, 1.54) is 28.4 Å². The quantitative estimate of drug-likeness (QED) is 0.299. The first-order chi connectivity index (χ1) is 15.3. The minimum atomic E-state index is -1.04. The molecule has 1 aromatic heterocycles. The van der Waals surface area contributed by atoms with Crippen LogP contribution in [0, 0.1) is 5.92 Å². The van der Waals surface area contributed by atoms with Gasteiger partial charge in [0.1, 0.15) is 6.04 Å². The molecule has 2 aliphatic rings. The lowest BCUT2D eigenvalue weighted by molar-refractivity contribution is -0.688. The summed E-state index contributed by atoms with van der Waals surface area (Å²) in [6, 6.07) is 10.5. The Kier molecular flexibility index (Phi) is 6.45. The molecule has 0 saturated carbocycles. The monoisotopic (exact) mass is 475 g/mol. The van der Waals surface area contributed by atoms with Gasteiger partial charge >= 0.3 is 11.9 Å². The smallest absolute Gasteiger partial charge is 0.327 e. The van der Waals surface area contributed by atoms with Crippen molar-refractivity contribution in [1.29, 1.82) is 0 Å². The molecule has 2 fully saturated rings. The Morgan fingerprint density at radius 1 is 1.16 bits per heavy atom. The maximum Gasteiger partial charge on any atom is 0.327 e. The summed E-state index contributed by atoms with van der Waals surface area (Å²) in [4.78, 5) is 37.2. The number of carbonyl (C=O) groups excluding carboxylic acids is 1. The molecular formula is C22H23N2O6S2+. The lowest BCUT2D eigenvalue weighted by Crippen LogP contribution is -2.64. The highest BCUT2D eigenvalue weighted by Gasteiger charge is 2.62. The number of fused-ring (bicyclic) bond motifs is 1. The molecule has 168 valence electrons. The average Bonchev–Trinajstić information content (AvgIpc) is 3.09. The largest absolute Gasteiger partial charge is 0.481 e. The number of amides is 1. The molecule has 3 heterocycles. The number of hydrogen-bond donors (Lipinski definition) is 3. The number of aliphatic hydroxyl groups excluding tert-OH is 1. The number of carboxylic acids is 2. The molecule has 2 saturated heterocycles. The summed E-state index contributed by atoms with van der Waals surface area (Å²) in [5, 5.41) is 27.7. The number of benzene rings is 1. The van der Waals surface area contributed by atoms with E-state index in [0.717, 1.165) is 16.0 Å². The Morgan fingerprint density at radius 3 is 2.38 bits per heavy atom. The Labute approximate surface area is 193 Å². The summed E-state index contributed by atoms with van der Waals surface area (Å²) in [6.45, 7) is 2.18. The lowest BCUT2D eigenvalue weighted by Gasteiger charge is -2.44.